The molecule has 1 amide bonds. The number of hydrogen-bond donors (Lipinski definition) is 0. The molecule has 1 aliphatic heterocycles. The molecule has 1 aromatic carbocycles. The highest BCUT2D eigenvalue weighted by Crippen LogP contribution is 2.30. The minimum absolute atomic E-state index is 0.0213. The molecule has 0 bridgehead atoms. The fourth-order valence-electron chi connectivity index (χ4n) is 4.20. The van der Waals surface area contributed by atoms with Crippen LogP contribution in [0.15, 0.2) is 36.9 Å². The molecule has 28 heavy (non-hydrogen) atoms. The van der Waals surface area contributed by atoms with Crippen LogP contribution < -0.4 is 0 Å². The Morgan fingerprint density at radius 1 is 1.32 bits per heavy atom. The van der Waals surface area contributed by atoms with Crippen LogP contribution in [0.1, 0.15) is 40.2 Å². The zero-order valence-electron chi connectivity index (χ0n) is 16.1. The summed E-state index contributed by atoms with van der Waals surface area (Å²) in [5, 5.41) is 4.68. The van der Waals surface area contributed by atoms with E-state index in [0.717, 1.165) is 36.2 Å². The molecule has 0 saturated carbocycles. The van der Waals surface area contributed by atoms with Crippen molar-refractivity contribution in [3.63, 3.8) is 0 Å². The zero-order chi connectivity index (χ0) is 19.9. The summed E-state index contributed by atoms with van der Waals surface area (Å²) in [4.78, 5) is 15.0. The molecule has 1 saturated heterocycles. The van der Waals surface area contributed by atoms with E-state index < -0.39 is 9.84 Å². The van der Waals surface area contributed by atoms with Gasteiger partial charge in [-0.05, 0) is 44.7 Å². The molecule has 7 heteroatoms. The number of hydrogen-bond acceptors (Lipinski definition) is 4. The highest BCUT2D eigenvalue weighted by atomic mass is 32.2. The molecule has 2 aromatic rings. The number of aromatic nitrogens is 2. The quantitative estimate of drug-likeness (QED) is 0.724. The molecular weight excluding hydrogens is 374 g/mol. The maximum Gasteiger partial charge on any atom is 0.275 e. The lowest BCUT2D eigenvalue weighted by atomic mass is 10.1. The summed E-state index contributed by atoms with van der Waals surface area (Å²) in [6, 6.07) is 7.79. The van der Waals surface area contributed by atoms with E-state index in [0.29, 0.717) is 18.7 Å². The van der Waals surface area contributed by atoms with E-state index in [4.69, 9.17) is 0 Å². The molecular formula is C21H25N3O3S. The molecule has 1 aliphatic carbocycles. The normalized spacial score (nSPS) is 20.1. The first-order chi connectivity index (χ1) is 13.4. The van der Waals surface area contributed by atoms with Crippen molar-refractivity contribution in [1.82, 2.24) is 14.7 Å². The van der Waals surface area contributed by atoms with Crippen molar-refractivity contribution in [2.24, 2.45) is 0 Å². The van der Waals surface area contributed by atoms with Crippen LogP contribution in [0.3, 0.4) is 0 Å². The van der Waals surface area contributed by atoms with Crippen molar-refractivity contribution < 1.29 is 13.2 Å². The van der Waals surface area contributed by atoms with Gasteiger partial charge >= 0.3 is 0 Å². The van der Waals surface area contributed by atoms with Crippen LogP contribution in [0.25, 0.3) is 5.69 Å². The van der Waals surface area contributed by atoms with E-state index >= 15 is 0 Å². The van der Waals surface area contributed by atoms with Crippen LogP contribution in [0, 0.1) is 6.92 Å². The van der Waals surface area contributed by atoms with Gasteiger partial charge in [-0.15, -0.1) is 6.58 Å². The number of nitrogens with zero attached hydrogens (tertiary/aromatic N) is 3. The van der Waals surface area contributed by atoms with E-state index in [1.807, 2.05) is 35.9 Å². The van der Waals surface area contributed by atoms with Gasteiger partial charge in [-0.2, -0.15) is 5.10 Å². The summed E-state index contributed by atoms with van der Waals surface area (Å²) in [7, 11) is -3.08. The highest BCUT2D eigenvalue weighted by molar-refractivity contribution is 7.91. The summed E-state index contributed by atoms with van der Waals surface area (Å²) in [5.74, 6) is -0.0342. The number of carbonyl (C=O) groups is 1. The van der Waals surface area contributed by atoms with Crippen LogP contribution in [-0.4, -0.2) is 53.1 Å². The molecule has 1 unspecified atom stereocenters. The van der Waals surface area contributed by atoms with E-state index in [2.05, 4.69) is 11.7 Å². The van der Waals surface area contributed by atoms with Crippen molar-refractivity contribution in [2.75, 3.05) is 18.1 Å². The number of fused-ring (bicyclic) bond motifs is 1. The largest absolute Gasteiger partial charge is 0.329 e. The minimum atomic E-state index is -3.08. The third kappa shape index (κ3) is 3.39. The molecule has 4 rings (SSSR count). The van der Waals surface area contributed by atoms with Crippen molar-refractivity contribution in [1.29, 1.82) is 0 Å². The van der Waals surface area contributed by atoms with Gasteiger partial charge in [0.1, 0.15) is 0 Å². The fourth-order valence-corrected chi connectivity index (χ4v) is 5.93. The summed E-state index contributed by atoms with van der Waals surface area (Å²) in [6.07, 6.45) is 4.84. The lowest BCUT2D eigenvalue weighted by Gasteiger charge is -2.26. The van der Waals surface area contributed by atoms with Crippen LogP contribution in [0.4, 0.5) is 0 Å². The predicted octanol–water partition coefficient (Wildman–Crippen LogP) is 2.48. The van der Waals surface area contributed by atoms with Gasteiger partial charge in [-0.25, -0.2) is 13.1 Å². The Morgan fingerprint density at radius 2 is 2.07 bits per heavy atom. The number of carbonyl (C=O) groups excluding carboxylic acids is 1. The van der Waals surface area contributed by atoms with Crippen molar-refractivity contribution >= 4 is 15.7 Å². The van der Waals surface area contributed by atoms with Gasteiger partial charge in [0.15, 0.2) is 15.5 Å². The molecule has 2 aliphatic rings. The molecule has 6 nitrogen and oxygen atoms in total. The number of benzene rings is 1. The summed E-state index contributed by atoms with van der Waals surface area (Å²) in [5.41, 5.74) is 4.66. The molecule has 1 aromatic heterocycles. The topological polar surface area (TPSA) is 72.3 Å². The van der Waals surface area contributed by atoms with E-state index in [9.17, 15) is 13.2 Å². The average molecular weight is 400 g/mol. The molecule has 148 valence electrons. The van der Waals surface area contributed by atoms with Crippen LogP contribution in [0.2, 0.25) is 0 Å². The third-order valence-electron chi connectivity index (χ3n) is 5.65. The number of aryl methyl sites for hydroxylation is 1. The van der Waals surface area contributed by atoms with Gasteiger partial charge in [-0.3, -0.25) is 4.79 Å². The average Bonchev–Trinajstić information content (AvgIpc) is 3.35. The summed E-state index contributed by atoms with van der Waals surface area (Å²) in [6.45, 7) is 6.11. The molecule has 1 atom stereocenters. The van der Waals surface area contributed by atoms with Crippen molar-refractivity contribution in [2.45, 2.75) is 38.6 Å². The molecule has 0 radical (unpaired) electrons. The molecule has 0 N–H and O–H groups in total. The zero-order valence-corrected chi connectivity index (χ0v) is 16.9. The predicted molar refractivity (Wildman–Crippen MR) is 109 cm³/mol. The highest BCUT2D eigenvalue weighted by Gasteiger charge is 2.37. The van der Waals surface area contributed by atoms with Gasteiger partial charge < -0.3 is 4.90 Å². The Bertz CT molecular complexity index is 1020. The van der Waals surface area contributed by atoms with E-state index in [1.54, 1.807) is 11.0 Å². The van der Waals surface area contributed by atoms with Gasteiger partial charge in [0.2, 0.25) is 0 Å². The monoisotopic (exact) mass is 399 g/mol. The van der Waals surface area contributed by atoms with Gasteiger partial charge in [0.05, 0.1) is 17.2 Å². The van der Waals surface area contributed by atoms with Gasteiger partial charge in [0.25, 0.3) is 5.91 Å². The molecule has 1 fully saturated rings. The second kappa shape index (κ2) is 7.20. The summed E-state index contributed by atoms with van der Waals surface area (Å²) < 4.78 is 25.7. The number of sulfone groups is 1. The van der Waals surface area contributed by atoms with Crippen LogP contribution >= 0.6 is 0 Å². The smallest absolute Gasteiger partial charge is 0.275 e. The molecule has 2 heterocycles. The fraction of sp³-hybridized carbons (Fsp3) is 0.429. The Balaban J connectivity index is 1.71. The van der Waals surface area contributed by atoms with Crippen molar-refractivity contribution in [3.8, 4) is 5.69 Å². The Hall–Kier alpha value is -2.41. The number of rotatable bonds is 5. The first-order valence-electron chi connectivity index (χ1n) is 9.70. The molecule has 0 spiro atoms. The second-order valence-electron chi connectivity index (χ2n) is 7.68. The maximum absolute atomic E-state index is 13.4. The van der Waals surface area contributed by atoms with E-state index in [1.165, 1.54) is 5.56 Å². The SMILES string of the molecule is C=CCN(C(=O)c1nn(-c2ccc(C)cc2)c2c1CCC2)C1CCS(=O)(=O)C1. The lowest BCUT2D eigenvalue weighted by molar-refractivity contribution is 0.0713. The standard InChI is InChI=1S/C21H25N3O3S/c1-3-12-23(17-11-13-28(26,27)14-17)21(25)20-18-5-4-6-19(18)24(22-20)16-9-7-15(2)8-10-16/h3,7-10,17H,1,4-6,11-14H2,2H3. The van der Waals surface area contributed by atoms with Gasteiger partial charge in [-0.1, -0.05) is 23.8 Å². The van der Waals surface area contributed by atoms with Crippen LogP contribution in [0.5, 0.6) is 0 Å². The van der Waals surface area contributed by atoms with Gasteiger partial charge in [0, 0.05) is 23.8 Å². The first kappa shape index (κ1) is 18.9. The Labute approximate surface area is 165 Å². The minimum Gasteiger partial charge on any atom is -0.329 e. The third-order valence-corrected chi connectivity index (χ3v) is 7.40. The summed E-state index contributed by atoms with van der Waals surface area (Å²) >= 11 is 0. The van der Waals surface area contributed by atoms with Crippen LogP contribution in [-0.2, 0) is 22.7 Å². The van der Waals surface area contributed by atoms with E-state index in [-0.39, 0.29) is 23.5 Å². The maximum atomic E-state index is 13.4. The first-order valence-corrected chi connectivity index (χ1v) is 11.5. The number of amides is 1. The lowest BCUT2D eigenvalue weighted by Crippen LogP contribution is -2.41. The van der Waals surface area contributed by atoms with Crippen molar-refractivity contribution in [3.05, 3.63) is 59.4 Å². The second-order valence-corrected chi connectivity index (χ2v) is 9.91. The Kier molecular flexibility index (Phi) is 4.87. The Morgan fingerprint density at radius 3 is 2.71 bits per heavy atom.